The molecule has 0 bridgehead atoms. The van der Waals surface area contributed by atoms with Crippen molar-refractivity contribution in [1.29, 1.82) is 0 Å². The number of carbonyl (C=O) groups excluding carboxylic acids is 2. The maximum Gasteiger partial charge on any atom is 0.351 e. The van der Waals surface area contributed by atoms with Crippen molar-refractivity contribution in [2.45, 2.75) is 0 Å². The molecule has 4 heterocycles. The van der Waals surface area contributed by atoms with Crippen LogP contribution in [0, 0.1) is 0 Å². The second kappa shape index (κ2) is 12.2. The Labute approximate surface area is 249 Å². The van der Waals surface area contributed by atoms with Crippen LogP contribution in [0.25, 0.3) is 11.6 Å². The van der Waals surface area contributed by atoms with Gasteiger partial charge in [-0.2, -0.15) is 0 Å². The van der Waals surface area contributed by atoms with Crippen LogP contribution in [0.15, 0.2) is 48.6 Å². The van der Waals surface area contributed by atoms with Gasteiger partial charge in [-0.25, -0.2) is 19.9 Å². The van der Waals surface area contributed by atoms with Crippen LogP contribution >= 0.6 is 63.7 Å². The van der Waals surface area contributed by atoms with E-state index in [2.05, 4.69) is 104 Å². The van der Waals surface area contributed by atoms with Crippen LogP contribution in [0.1, 0.15) is 38.1 Å². The molecule has 0 radical (unpaired) electrons. The van der Waals surface area contributed by atoms with E-state index in [-0.39, 0.29) is 24.9 Å². The second-order valence-corrected chi connectivity index (χ2v) is 11.1. The number of nitrogen functional groups attached to an aromatic ring is 2. The number of rotatable bonds is 9. The van der Waals surface area contributed by atoms with Gasteiger partial charge in [-0.05, 0) is 81.9 Å². The molecule has 12 N–H and O–H groups in total. The fraction of sp³-hybridized carbons (Fsp3) is 0.0909. The van der Waals surface area contributed by atoms with Crippen molar-refractivity contribution in [3.05, 3.63) is 77.1 Å². The maximum atomic E-state index is 12.6. The van der Waals surface area contributed by atoms with Gasteiger partial charge in [0.1, 0.15) is 34.7 Å². The van der Waals surface area contributed by atoms with Crippen LogP contribution in [0.3, 0.4) is 0 Å². The second-order valence-electron chi connectivity index (χ2n) is 7.82. The predicted octanol–water partition coefficient (Wildman–Crippen LogP) is 3.15. The standard InChI is InChI=1S/C22H20Br4N10O2/c23-10-6-13(32-17(10)25)19(37)29-4-1-2-12-16(36-22(28)34-12)9(15-8-31-21(27)35-15)3-5-30-20(38)14-7-11(24)18(26)33-14/h1-3,6-8,32-33H,4-5H2,(H,29,37)(H,30,38)(H3,27,31,35)(H3,28,34,36)/p+2/b2-1+,9-3-. The van der Waals surface area contributed by atoms with Crippen LogP contribution in [-0.2, 0) is 0 Å². The average molecular weight is 778 g/mol. The number of halogens is 4. The molecule has 0 unspecified atom stereocenters. The summed E-state index contributed by atoms with van der Waals surface area (Å²) < 4.78 is 2.86. The molecule has 0 atom stereocenters. The number of carbonyl (C=O) groups is 2. The molecule has 0 aromatic carbocycles. The molecule has 0 spiro atoms. The highest BCUT2D eigenvalue weighted by atomic mass is 79.9. The Balaban J connectivity index is 1.51. The van der Waals surface area contributed by atoms with Crippen molar-refractivity contribution in [2.75, 3.05) is 24.6 Å². The van der Waals surface area contributed by atoms with Gasteiger partial charge in [0.2, 0.25) is 0 Å². The summed E-state index contributed by atoms with van der Waals surface area (Å²) in [5, 5.41) is 5.67. The zero-order valence-electron chi connectivity index (χ0n) is 19.4. The van der Waals surface area contributed by atoms with Gasteiger partial charge in [-0.3, -0.25) is 21.1 Å². The lowest BCUT2D eigenvalue weighted by Gasteiger charge is -2.03. The molecule has 4 rings (SSSR count). The molecule has 4 aromatic rings. The molecule has 2 amide bonds. The topological polar surface area (TPSA) is 202 Å². The summed E-state index contributed by atoms with van der Waals surface area (Å²) >= 11 is 13.4. The first-order valence-corrected chi connectivity index (χ1v) is 14.1. The molecule has 16 heteroatoms. The lowest BCUT2D eigenvalue weighted by molar-refractivity contribution is -0.362. The fourth-order valence-corrected chi connectivity index (χ4v) is 4.77. The predicted molar refractivity (Wildman–Crippen MR) is 157 cm³/mol. The number of imidazole rings is 2. The molecular formula is C22H22Br4N10O2+2. The molecule has 0 fully saturated rings. The molecule has 0 saturated heterocycles. The lowest BCUT2D eigenvalue weighted by atomic mass is 10.1. The van der Waals surface area contributed by atoms with E-state index >= 15 is 0 Å². The number of aromatic amines is 6. The SMILES string of the molecule is Nc1[nH]c(/C(=C/CNC(=O)c2cc(Br)c(Br)[nH]2)c2[nH+]c(N)[nH]c2/C=C/CNC(=O)c2cc(Br)c(Br)[nH]2)c[nH+]1. The van der Waals surface area contributed by atoms with Crippen molar-refractivity contribution in [1.82, 2.24) is 30.6 Å². The number of amides is 2. The third-order valence-corrected chi connectivity index (χ3v) is 8.74. The molecule has 0 aliphatic rings. The third kappa shape index (κ3) is 6.67. The number of aromatic nitrogens is 6. The van der Waals surface area contributed by atoms with Crippen LogP contribution < -0.4 is 32.1 Å². The fourth-order valence-electron chi connectivity index (χ4n) is 3.45. The normalized spacial score (nSPS) is 11.8. The van der Waals surface area contributed by atoms with E-state index in [1.165, 1.54) is 0 Å². The number of nitrogens with one attached hydrogen (secondary N) is 8. The van der Waals surface area contributed by atoms with Gasteiger partial charge in [0.05, 0.1) is 23.7 Å². The number of hydrogen-bond acceptors (Lipinski definition) is 4. The Bertz CT molecular complexity index is 1510. The van der Waals surface area contributed by atoms with Crippen molar-refractivity contribution in [3.63, 3.8) is 0 Å². The molecule has 0 aliphatic carbocycles. The molecule has 0 saturated carbocycles. The summed E-state index contributed by atoms with van der Waals surface area (Å²) in [4.78, 5) is 43.0. The van der Waals surface area contributed by atoms with Crippen LogP contribution in [0.5, 0.6) is 0 Å². The number of nitrogens with two attached hydrogens (primary N) is 2. The van der Waals surface area contributed by atoms with Crippen LogP contribution in [-0.4, -0.2) is 44.8 Å². The van der Waals surface area contributed by atoms with Gasteiger partial charge in [0.25, 0.3) is 11.8 Å². The number of hydrogen-bond donors (Lipinski definition) is 8. The molecule has 12 nitrogen and oxygen atoms in total. The largest absolute Gasteiger partial charge is 0.351 e. The molecule has 0 aliphatic heterocycles. The monoisotopic (exact) mass is 774 g/mol. The van der Waals surface area contributed by atoms with Gasteiger partial charge in [-0.1, -0.05) is 12.2 Å². The van der Waals surface area contributed by atoms with E-state index in [1.807, 2.05) is 6.08 Å². The van der Waals surface area contributed by atoms with Gasteiger partial charge in [-0.15, -0.1) is 0 Å². The van der Waals surface area contributed by atoms with Gasteiger partial charge in [0.15, 0.2) is 0 Å². The Kier molecular flexibility index (Phi) is 8.96. The van der Waals surface area contributed by atoms with Crippen molar-refractivity contribution in [2.24, 2.45) is 0 Å². The van der Waals surface area contributed by atoms with E-state index in [0.29, 0.717) is 55.1 Å². The highest BCUT2D eigenvalue weighted by Crippen LogP contribution is 2.25. The van der Waals surface area contributed by atoms with Crippen LogP contribution in [0.4, 0.5) is 11.9 Å². The summed E-state index contributed by atoms with van der Waals surface area (Å²) in [7, 11) is 0. The minimum Gasteiger partial charge on any atom is -0.347 e. The van der Waals surface area contributed by atoms with Crippen LogP contribution in [0.2, 0.25) is 0 Å². The van der Waals surface area contributed by atoms with E-state index in [0.717, 1.165) is 8.95 Å². The summed E-state index contributed by atoms with van der Waals surface area (Å²) in [5.41, 5.74) is 15.4. The quantitative estimate of drug-likeness (QED) is 0.129. The highest BCUT2D eigenvalue weighted by molar-refractivity contribution is 9.13. The first kappa shape index (κ1) is 27.9. The molecular weight excluding hydrogens is 756 g/mol. The summed E-state index contributed by atoms with van der Waals surface area (Å²) in [5.74, 6) is 0.152. The van der Waals surface area contributed by atoms with E-state index in [4.69, 9.17) is 11.5 Å². The van der Waals surface area contributed by atoms with Crippen molar-refractivity contribution < 1.29 is 19.6 Å². The minimum absolute atomic E-state index is 0.209. The molecule has 4 aromatic heterocycles. The van der Waals surface area contributed by atoms with E-state index in [9.17, 15) is 9.59 Å². The van der Waals surface area contributed by atoms with Crippen molar-refractivity contribution in [3.8, 4) is 0 Å². The van der Waals surface area contributed by atoms with Crippen molar-refractivity contribution >= 4 is 99.1 Å². The zero-order chi connectivity index (χ0) is 27.4. The zero-order valence-corrected chi connectivity index (χ0v) is 25.7. The lowest BCUT2D eigenvalue weighted by Crippen LogP contribution is -2.24. The van der Waals surface area contributed by atoms with Gasteiger partial charge < -0.3 is 20.6 Å². The minimum atomic E-state index is -0.279. The smallest absolute Gasteiger partial charge is 0.347 e. The number of anilines is 2. The van der Waals surface area contributed by atoms with E-state index in [1.54, 1.807) is 30.5 Å². The summed E-state index contributed by atoms with van der Waals surface area (Å²) in [6.45, 7) is 0.478. The third-order valence-electron chi connectivity index (χ3n) is 5.17. The molecule has 198 valence electrons. The van der Waals surface area contributed by atoms with Gasteiger partial charge in [0, 0.05) is 13.1 Å². The maximum absolute atomic E-state index is 12.6. The Morgan fingerprint density at radius 2 is 1.45 bits per heavy atom. The molecule has 38 heavy (non-hydrogen) atoms. The average Bonchev–Trinajstić information content (AvgIpc) is 3.63. The number of H-pyrrole nitrogens is 6. The Hall–Kier alpha value is -3.08. The Morgan fingerprint density at radius 3 is 1.97 bits per heavy atom. The summed E-state index contributed by atoms with van der Waals surface area (Å²) in [6.07, 6.45) is 7.10. The van der Waals surface area contributed by atoms with Gasteiger partial charge >= 0.3 is 11.9 Å². The highest BCUT2D eigenvalue weighted by Gasteiger charge is 2.21. The first-order valence-electron chi connectivity index (χ1n) is 10.9. The van der Waals surface area contributed by atoms with E-state index < -0.39 is 0 Å². The summed E-state index contributed by atoms with van der Waals surface area (Å²) in [6, 6.07) is 3.37. The Morgan fingerprint density at radius 1 is 0.842 bits per heavy atom. The first-order chi connectivity index (χ1) is 18.1.